The first-order valence-electron chi connectivity index (χ1n) is 5.72. The molecule has 0 aromatic carbocycles. The lowest BCUT2D eigenvalue weighted by Crippen LogP contribution is -2.33. The van der Waals surface area contributed by atoms with E-state index in [1.165, 1.54) is 18.6 Å². The summed E-state index contributed by atoms with van der Waals surface area (Å²) in [5, 5.41) is 0.848. The minimum absolute atomic E-state index is 0.274. The number of carbonyl (C=O) groups is 1. The highest BCUT2D eigenvalue weighted by Crippen LogP contribution is 2.33. The van der Waals surface area contributed by atoms with Crippen LogP contribution in [0.5, 0.6) is 0 Å². The zero-order valence-corrected chi connectivity index (χ0v) is 10.9. The largest absolute Gasteiger partial charge is 0.465 e. The molecule has 0 aliphatic carbocycles. The van der Waals surface area contributed by atoms with Crippen molar-refractivity contribution in [3.63, 3.8) is 0 Å². The summed E-state index contributed by atoms with van der Waals surface area (Å²) in [6.45, 7) is 4.15. The van der Waals surface area contributed by atoms with Gasteiger partial charge >= 0.3 is 5.97 Å². The molecular weight excluding hydrogens is 238 g/mol. The van der Waals surface area contributed by atoms with Crippen LogP contribution in [0.2, 0.25) is 0 Å². The summed E-state index contributed by atoms with van der Waals surface area (Å²) < 4.78 is 8.81. The molecule has 0 bridgehead atoms. The van der Waals surface area contributed by atoms with Gasteiger partial charge in [0.25, 0.3) is 0 Å². The molecular formula is C11H17N3O2S. The number of hydrogen-bond acceptors (Lipinski definition) is 6. The van der Waals surface area contributed by atoms with Gasteiger partial charge in [0.15, 0.2) is 5.82 Å². The number of rotatable bonds is 2. The fraction of sp³-hybridized carbons (Fsp3) is 0.636. The highest BCUT2D eigenvalue weighted by Gasteiger charge is 2.26. The normalized spacial score (nSPS) is 17.2. The van der Waals surface area contributed by atoms with E-state index in [0.29, 0.717) is 5.56 Å². The lowest BCUT2D eigenvalue weighted by atomic mass is 9.99. The first-order chi connectivity index (χ1) is 8.13. The Hall–Kier alpha value is -1.30. The van der Waals surface area contributed by atoms with Gasteiger partial charge in [-0.05, 0) is 30.3 Å². The number of nitrogens with zero attached hydrogens (tertiary/aromatic N) is 2. The first kappa shape index (κ1) is 12.2. The quantitative estimate of drug-likeness (QED) is 0.815. The lowest BCUT2D eigenvalue weighted by molar-refractivity contribution is 0.0603. The van der Waals surface area contributed by atoms with Crippen LogP contribution in [0.1, 0.15) is 30.1 Å². The van der Waals surface area contributed by atoms with Crippen LogP contribution in [-0.4, -0.2) is 30.5 Å². The predicted molar refractivity (Wildman–Crippen MR) is 68.5 cm³/mol. The SMILES string of the molecule is COC(=O)c1c(N)nsc1N1CCC(C)CC1. The predicted octanol–water partition coefficient (Wildman–Crippen LogP) is 1.75. The Labute approximate surface area is 105 Å². The van der Waals surface area contributed by atoms with Crippen molar-refractivity contribution in [3.05, 3.63) is 5.56 Å². The Kier molecular flexibility index (Phi) is 3.51. The smallest absolute Gasteiger partial charge is 0.344 e. The van der Waals surface area contributed by atoms with Crippen LogP contribution in [0.4, 0.5) is 10.8 Å². The van der Waals surface area contributed by atoms with E-state index in [1.807, 2.05) is 0 Å². The van der Waals surface area contributed by atoms with Gasteiger partial charge in [0.1, 0.15) is 10.6 Å². The lowest BCUT2D eigenvalue weighted by Gasteiger charge is -2.31. The third-order valence-electron chi connectivity index (χ3n) is 3.16. The van der Waals surface area contributed by atoms with Gasteiger partial charge in [-0.15, -0.1) is 0 Å². The van der Waals surface area contributed by atoms with Crippen molar-refractivity contribution < 1.29 is 9.53 Å². The van der Waals surface area contributed by atoms with E-state index >= 15 is 0 Å². The molecule has 94 valence electrons. The molecule has 1 saturated heterocycles. The van der Waals surface area contributed by atoms with Crippen molar-refractivity contribution in [2.24, 2.45) is 5.92 Å². The molecule has 17 heavy (non-hydrogen) atoms. The zero-order chi connectivity index (χ0) is 12.4. The second-order valence-electron chi connectivity index (χ2n) is 4.41. The Bertz CT molecular complexity index is 411. The Morgan fingerprint density at radius 2 is 2.18 bits per heavy atom. The minimum Gasteiger partial charge on any atom is -0.465 e. The van der Waals surface area contributed by atoms with E-state index in [1.54, 1.807) is 0 Å². The van der Waals surface area contributed by atoms with Crippen LogP contribution >= 0.6 is 11.5 Å². The first-order valence-corrected chi connectivity index (χ1v) is 6.49. The maximum absolute atomic E-state index is 11.7. The average Bonchev–Trinajstić information content (AvgIpc) is 2.71. The maximum atomic E-state index is 11.7. The standard InChI is InChI=1S/C11H17N3O2S/c1-7-3-5-14(6-4-7)10-8(11(15)16-2)9(12)13-17-10/h7H,3-6H2,1-2H3,(H2,12,13). The number of nitrogen functional groups attached to an aromatic ring is 1. The van der Waals surface area contributed by atoms with Crippen molar-refractivity contribution in [1.82, 2.24) is 4.37 Å². The summed E-state index contributed by atoms with van der Waals surface area (Å²) in [5.41, 5.74) is 6.15. The van der Waals surface area contributed by atoms with Gasteiger partial charge in [0, 0.05) is 13.1 Å². The summed E-state index contributed by atoms with van der Waals surface area (Å²) in [5.74, 6) is 0.624. The summed E-state index contributed by atoms with van der Waals surface area (Å²) >= 11 is 1.28. The highest BCUT2D eigenvalue weighted by molar-refractivity contribution is 7.11. The fourth-order valence-electron chi connectivity index (χ4n) is 2.01. The highest BCUT2D eigenvalue weighted by atomic mass is 32.1. The average molecular weight is 255 g/mol. The number of ether oxygens (including phenoxy) is 1. The molecule has 5 nitrogen and oxygen atoms in total. The van der Waals surface area contributed by atoms with Crippen molar-refractivity contribution in [2.45, 2.75) is 19.8 Å². The molecule has 0 spiro atoms. The molecule has 0 amide bonds. The van der Waals surface area contributed by atoms with Crippen LogP contribution in [0.15, 0.2) is 0 Å². The zero-order valence-electron chi connectivity index (χ0n) is 10.1. The van der Waals surface area contributed by atoms with Crippen molar-refractivity contribution in [1.29, 1.82) is 0 Å². The molecule has 0 atom stereocenters. The van der Waals surface area contributed by atoms with Crippen LogP contribution in [0.25, 0.3) is 0 Å². The van der Waals surface area contributed by atoms with E-state index in [4.69, 9.17) is 10.5 Å². The summed E-state index contributed by atoms with van der Waals surface area (Å²) in [6.07, 6.45) is 2.27. The van der Waals surface area contributed by atoms with Crippen LogP contribution in [0.3, 0.4) is 0 Å². The molecule has 0 radical (unpaired) electrons. The van der Waals surface area contributed by atoms with E-state index in [2.05, 4.69) is 16.2 Å². The van der Waals surface area contributed by atoms with Crippen LogP contribution < -0.4 is 10.6 Å². The van der Waals surface area contributed by atoms with Gasteiger partial charge in [0.05, 0.1) is 7.11 Å². The van der Waals surface area contributed by atoms with E-state index in [9.17, 15) is 4.79 Å². The summed E-state index contributed by atoms with van der Waals surface area (Å²) in [7, 11) is 1.36. The second kappa shape index (κ2) is 4.91. The number of piperidine rings is 1. The van der Waals surface area contributed by atoms with Crippen LogP contribution in [0, 0.1) is 5.92 Å². The molecule has 0 saturated carbocycles. The molecule has 2 N–H and O–H groups in total. The molecule has 2 rings (SSSR count). The summed E-state index contributed by atoms with van der Waals surface area (Å²) in [6, 6.07) is 0. The van der Waals surface area contributed by atoms with Gasteiger partial charge in [-0.1, -0.05) is 6.92 Å². The molecule has 2 heterocycles. The molecule has 1 fully saturated rings. The topological polar surface area (TPSA) is 68.5 Å². The molecule has 1 aromatic rings. The van der Waals surface area contributed by atoms with Crippen molar-refractivity contribution in [2.75, 3.05) is 30.8 Å². The van der Waals surface area contributed by atoms with E-state index < -0.39 is 5.97 Å². The Morgan fingerprint density at radius 1 is 1.53 bits per heavy atom. The number of esters is 1. The van der Waals surface area contributed by atoms with Gasteiger partial charge in [-0.2, -0.15) is 4.37 Å². The molecule has 0 unspecified atom stereocenters. The Morgan fingerprint density at radius 3 is 2.76 bits per heavy atom. The molecule has 6 heteroatoms. The number of anilines is 2. The van der Waals surface area contributed by atoms with Crippen molar-refractivity contribution >= 4 is 28.3 Å². The number of carbonyl (C=O) groups excluding carboxylic acids is 1. The second-order valence-corrected chi connectivity index (χ2v) is 5.16. The maximum Gasteiger partial charge on any atom is 0.344 e. The number of nitrogens with two attached hydrogens (primary N) is 1. The third kappa shape index (κ3) is 2.36. The van der Waals surface area contributed by atoms with E-state index in [-0.39, 0.29) is 5.82 Å². The molecule has 1 aliphatic rings. The molecule has 1 aliphatic heterocycles. The van der Waals surface area contributed by atoms with Gasteiger partial charge in [-0.25, -0.2) is 4.79 Å². The van der Waals surface area contributed by atoms with Gasteiger partial charge < -0.3 is 15.4 Å². The number of hydrogen-bond donors (Lipinski definition) is 1. The number of aromatic nitrogens is 1. The van der Waals surface area contributed by atoms with Crippen LogP contribution in [-0.2, 0) is 4.74 Å². The van der Waals surface area contributed by atoms with Gasteiger partial charge in [0.2, 0.25) is 0 Å². The number of methoxy groups -OCH3 is 1. The van der Waals surface area contributed by atoms with E-state index in [0.717, 1.165) is 36.9 Å². The fourth-order valence-corrected chi connectivity index (χ4v) is 2.87. The monoisotopic (exact) mass is 255 g/mol. The summed E-state index contributed by atoms with van der Waals surface area (Å²) in [4.78, 5) is 13.8. The Balaban J connectivity index is 2.23. The third-order valence-corrected chi connectivity index (χ3v) is 4.08. The van der Waals surface area contributed by atoms with Gasteiger partial charge in [-0.3, -0.25) is 0 Å². The minimum atomic E-state index is -0.398. The van der Waals surface area contributed by atoms with Crippen molar-refractivity contribution in [3.8, 4) is 0 Å². The molecule has 1 aromatic heterocycles.